The van der Waals surface area contributed by atoms with Gasteiger partial charge in [0.05, 0.1) is 17.9 Å². The number of likely N-dealkylation sites (tertiary alicyclic amines) is 1. The highest BCUT2D eigenvalue weighted by Crippen LogP contribution is 2.31. The van der Waals surface area contributed by atoms with E-state index in [0.29, 0.717) is 18.7 Å². The predicted molar refractivity (Wildman–Crippen MR) is 82.8 cm³/mol. The molecule has 1 heterocycles. The highest BCUT2D eigenvalue weighted by atomic mass is 16.5. The Hall–Kier alpha value is -2.04. The van der Waals surface area contributed by atoms with Crippen LogP contribution in [0.1, 0.15) is 32.8 Å². The Bertz CT molecular complexity index is 570. The molecule has 22 heavy (non-hydrogen) atoms. The summed E-state index contributed by atoms with van der Waals surface area (Å²) in [5.41, 5.74) is 0.00833. The first kappa shape index (κ1) is 16.3. The quantitative estimate of drug-likeness (QED) is 0.906. The van der Waals surface area contributed by atoms with Gasteiger partial charge < -0.3 is 14.7 Å². The zero-order valence-corrected chi connectivity index (χ0v) is 13.3. The van der Waals surface area contributed by atoms with Crippen LogP contribution < -0.4 is 4.74 Å². The summed E-state index contributed by atoms with van der Waals surface area (Å²) in [4.78, 5) is 25.3. The van der Waals surface area contributed by atoms with Gasteiger partial charge in [0.1, 0.15) is 5.75 Å². The van der Waals surface area contributed by atoms with E-state index in [4.69, 9.17) is 4.74 Å². The van der Waals surface area contributed by atoms with Crippen molar-refractivity contribution >= 4 is 11.9 Å². The van der Waals surface area contributed by atoms with E-state index in [1.807, 2.05) is 38.1 Å². The van der Waals surface area contributed by atoms with Crippen molar-refractivity contribution in [1.82, 2.24) is 4.90 Å². The third-order valence-corrected chi connectivity index (χ3v) is 4.02. The molecule has 1 aromatic carbocycles. The van der Waals surface area contributed by atoms with E-state index in [1.165, 1.54) is 0 Å². The van der Waals surface area contributed by atoms with Crippen LogP contribution in [0, 0.1) is 5.41 Å². The topological polar surface area (TPSA) is 66.8 Å². The minimum absolute atomic E-state index is 0.0401. The van der Waals surface area contributed by atoms with Crippen LogP contribution in [0.15, 0.2) is 24.3 Å². The number of ether oxygens (including phenoxy) is 1. The van der Waals surface area contributed by atoms with Gasteiger partial charge in [-0.25, -0.2) is 0 Å². The number of amides is 1. The Labute approximate surface area is 130 Å². The van der Waals surface area contributed by atoms with Gasteiger partial charge in [-0.1, -0.05) is 18.2 Å². The number of benzene rings is 1. The molecule has 0 unspecified atom stereocenters. The lowest BCUT2D eigenvalue weighted by molar-refractivity contribution is -0.147. The number of nitrogens with zero attached hydrogens (tertiary/aromatic N) is 1. The number of para-hydroxylation sites is 1. The van der Waals surface area contributed by atoms with E-state index in [9.17, 15) is 14.7 Å². The van der Waals surface area contributed by atoms with E-state index in [2.05, 4.69) is 0 Å². The van der Waals surface area contributed by atoms with E-state index in [0.717, 1.165) is 5.56 Å². The summed E-state index contributed by atoms with van der Waals surface area (Å²) in [6, 6.07) is 7.49. The lowest BCUT2D eigenvalue weighted by atomic mass is 9.90. The number of hydrogen-bond acceptors (Lipinski definition) is 3. The zero-order chi connectivity index (χ0) is 16.3. The zero-order valence-electron chi connectivity index (χ0n) is 13.3. The number of rotatable bonds is 5. The third kappa shape index (κ3) is 3.59. The summed E-state index contributed by atoms with van der Waals surface area (Å²) in [6.45, 7) is 6.34. The fourth-order valence-electron chi connectivity index (χ4n) is 2.64. The summed E-state index contributed by atoms with van der Waals surface area (Å²) in [7, 11) is 0. The van der Waals surface area contributed by atoms with Crippen LogP contribution in [0.25, 0.3) is 0 Å². The standard InChI is InChI=1S/C17H23NO4/c1-12(2)22-14-7-5-4-6-13(14)10-15(19)18-9-8-17(3,11-18)16(20)21/h4-7,12H,8-11H2,1-3H3,(H,20,21)/t17-/m0/s1. The molecule has 5 heteroatoms. The monoisotopic (exact) mass is 305 g/mol. The summed E-state index contributed by atoms with van der Waals surface area (Å²) in [6.07, 6.45) is 0.773. The van der Waals surface area contributed by atoms with E-state index >= 15 is 0 Å². The molecule has 0 aromatic heterocycles. The molecule has 0 bridgehead atoms. The highest BCUT2D eigenvalue weighted by molar-refractivity contribution is 5.82. The Morgan fingerprint density at radius 2 is 2.05 bits per heavy atom. The number of carboxylic acids is 1. The van der Waals surface area contributed by atoms with Gasteiger partial charge in [-0.3, -0.25) is 9.59 Å². The summed E-state index contributed by atoms with van der Waals surface area (Å²) in [5.74, 6) is -0.179. The second kappa shape index (κ2) is 6.38. The SMILES string of the molecule is CC(C)Oc1ccccc1CC(=O)N1CC[C@](C)(C(=O)O)C1. The van der Waals surface area contributed by atoms with Gasteiger partial charge in [0.2, 0.25) is 5.91 Å². The van der Waals surface area contributed by atoms with Crippen molar-refractivity contribution in [2.75, 3.05) is 13.1 Å². The van der Waals surface area contributed by atoms with Gasteiger partial charge in [-0.15, -0.1) is 0 Å². The molecule has 1 fully saturated rings. The summed E-state index contributed by atoms with van der Waals surface area (Å²) in [5, 5.41) is 9.25. The van der Waals surface area contributed by atoms with E-state index < -0.39 is 11.4 Å². The normalized spacial score (nSPS) is 21.2. The first-order chi connectivity index (χ1) is 10.3. The minimum Gasteiger partial charge on any atom is -0.491 e. The lowest BCUT2D eigenvalue weighted by Crippen LogP contribution is -2.35. The van der Waals surface area contributed by atoms with Gasteiger partial charge in [0.25, 0.3) is 0 Å². The molecule has 5 nitrogen and oxygen atoms in total. The molecule has 0 saturated carbocycles. The first-order valence-corrected chi connectivity index (χ1v) is 7.57. The third-order valence-electron chi connectivity index (χ3n) is 4.02. The Morgan fingerprint density at radius 3 is 2.64 bits per heavy atom. The second-order valence-corrected chi connectivity index (χ2v) is 6.38. The summed E-state index contributed by atoms with van der Waals surface area (Å²) >= 11 is 0. The number of carboxylic acid groups (broad SMARTS) is 1. The Balaban J connectivity index is 2.06. The number of aliphatic carboxylic acids is 1. The predicted octanol–water partition coefficient (Wildman–Crippen LogP) is 2.34. The first-order valence-electron chi connectivity index (χ1n) is 7.57. The number of hydrogen-bond donors (Lipinski definition) is 1. The molecule has 1 amide bonds. The van der Waals surface area contributed by atoms with Crippen LogP contribution in [0.5, 0.6) is 5.75 Å². The highest BCUT2D eigenvalue weighted by Gasteiger charge is 2.42. The van der Waals surface area contributed by atoms with Crippen molar-refractivity contribution in [2.45, 2.75) is 39.7 Å². The molecule has 1 aliphatic rings. The molecular formula is C17H23NO4. The molecule has 1 atom stereocenters. The van der Waals surface area contributed by atoms with Crippen molar-refractivity contribution in [1.29, 1.82) is 0 Å². The molecule has 1 aromatic rings. The van der Waals surface area contributed by atoms with Crippen LogP contribution in [0.2, 0.25) is 0 Å². The van der Waals surface area contributed by atoms with Gasteiger partial charge in [-0.05, 0) is 33.3 Å². The molecule has 0 aliphatic carbocycles. The molecule has 0 radical (unpaired) electrons. The molecule has 1 aliphatic heterocycles. The van der Waals surface area contributed by atoms with Crippen molar-refractivity contribution < 1.29 is 19.4 Å². The van der Waals surface area contributed by atoms with E-state index in [1.54, 1.807) is 11.8 Å². The van der Waals surface area contributed by atoms with Crippen LogP contribution in [0.3, 0.4) is 0 Å². The maximum absolute atomic E-state index is 12.4. The van der Waals surface area contributed by atoms with Gasteiger partial charge in [-0.2, -0.15) is 0 Å². The van der Waals surface area contributed by atoms with Crippen molar-refractivity contribution in [3.8, 4) is 5.75 Å². The fourth-order valence-corrected chi connectivity index (χ4v) is 2.64. The van der Waals surface area contributed by atoms with Crippen LogP contribution in [0.4, 0.5) is 0 Å². The largest absolute Gasteiger partial charge is 0.491 e. The van der Waals surface area contributed by atoms with Crippen LogP contribution >= 0.6 is 0 Å². The van der Waals surface area contributed by atoms with Crippen molar-refractivity contribution in [3.63, 3.8) is 0 Å². The maximum atomic E-state index is 12.4. The van der Waals surface area contributed by atoms with Gasteiger partial charge in [0, 0.05) is 18.7 Å². The number of carbonyl (C=O) groups excluding carboxylic acids is 1. The van der Waals surface area contributed by atoms with Crippen molar-refractivity contribution in [3.05, 3.63) is 29.8 Å². The van der Waals surface area contributed by atoms with Gasteiger partial charge in [0.15, 0.2) is 0 Å². The molecular weight excluding hydrogens is 282 g/mol. The molecule has 1 saturated heterocycles. The van der Waals surface area contributed by atoms with Crippen LogP contribution in [-0.4, -0.2) is 41.1 Å². The lowest BCUT2D eigenvalue weighted by Gasteiger charge is -2.21. The second-order valence-electron chi connectivity index (χ2n) is 6.38. The fraction of sp³-hybridized carbons (Fsp3) is 0.529. The summed E-state index contributed by atoms with van der Waals surface area (Å²) < 4.78 is 5.72. The van der Waals surface area contributed by atoms with Crippen molar-refractivity contribution in [2.24, 2.45) is 5.41 Å². The minimum atomic E-state index is -0.841. The molecule has 1 N–H and O–H groups in total. The van der Waals surface area contributed by atoms with Gasteiger partial charge >= 0.3 is 5.97 Å². The number of carbonyl (C=O) groups is 2. The maximum Gasteiger partial charge on any atom is 0.311 e. The molecule has 2 rings (SSSR count). The Morgan fingerprint density at radius 1 is 1.36 bits per heavy atom. The Kier molecular flexibility index (Phi) is 4.74. The van der Waals surface area contributed by atoms with E-state index in [-0.39, 0.29) is 25.0 Å². The average molecular weight is 305 g/mol. The molecule has 0 spiro atoms. The van der Waals surface area contributed by atoms with Crippen LogP contribution in [-0.2, 0) is 16.0 Å². The molecule has 120 valence electrons. The smallest absolute Gasteiger partial charge is 0.311 e. The average Bonchev–Trinajstić information content (AvgIpc) is 2.85.